The molecule has 4 nitrogen and oxygen atoms in total. The lowest BCUT2D eigenvalue weighted by Gasteiger charge is -2.36. The molecule has 2 unspecified atom stereocenters. The minimum atomic E-state index is 0.0380. The van der Waals surface area contributed by atoms with E-state index in [1.165, 1.54) is 6.42 Å². The maximum atomic E-state index is 12.5. The second-order valence-corrected chi connectivity index (χ2v) is 6.30. The van der Waals surface area contributed by atoms with Crippen molar-refractivity contribution >= 4 is 5.91 Å². The fraction of sp³-hybridized carbons (Fsp3) is 0.929. The van der Waals surface area contributed by atoms with E-state index in [0.29, 0.717) is 11.8 Å². The molecule has 18 heavy (non-hydrogen) atoms. The minimum absolute atomic E-state index is 0.0380. The van der Waals surface area contributed by atoms with Gasteiger partial charge in [-0.1, -0.05) is 0 Å². The molecule has 0 radical (unpaired) electrons. The van der Waals surface area contributed by atoms with Gasteiger partial charge in [0.25, 0.3) is 0 Å². The third-order valence-electron chi connectivity index (χ3n) is 4.56. The number of nitrogens with one attached hydrogen (secondary N) is 1. The summed E-state index contributed by atoms with van der Waals surface area (Å²) < 4.78 is 0. The molecule has 0 aromatic rings. The normalized spacial score (nSPS) is 33.3. The number of rotatable bonds is 4. The molecule has 4 heteroatoms. The van der Waals surface area contributed by atoms with E-state index >= 15 is 0 Å². The maximum absolute atomic E-state index is 12.5. The van der Waals surface area contributed by atoms with Crippen LogP contribution < -0.4 is 5.32 Å². The first-order valence-electron chi connectivity index (χ1n) is 7.19. The molecule has 1 N–H and O–H groups in total. The van der Waals surface area contributed by atoms with Gasteiger partial charge in [0.15, 0.2) is 0 Å². The van der Waals surface area contributed by atoms with Gasteiger partial charge in [-0.3, -0.25) is 4.79 Å². The summed E-state index contributed by atoms with van der Waals surface area (Å²) in [7, 11) is 4.11. The predicted octanol–water partition coefficient (Wildman–Crippen LogP) is 0.929. The van der Waals surface area contributed by atoms with E-state index in [1.807, 2.05) is 7.05 Å². The molecule has 104 valence electrons. The summed E-state index contributed by atoms with van der Waals surface area (Å²) >= 11 is 0. The fourth-order valence-corrected chi connectivity index (χ4v) is 3.56. The van der Waals surface area contributed by atoms with Gasteiger partial charge in [0.1, 0.15) is 0 Å². The van der Waals surface area contributed by atoms with Crippen LogP contribution in [0.15, 0.2) is 0 Å². The van der Waals surface area contributed by atoms with Crippen molar-refractivity contribution in [3.63, 3.8) is 0 Å². The van der Waals surface area contributed by atoms with E-state index in [9.17, 15) is 4.79 Å². The molecule has 2 heterocycles. The van der Waals surface area contributed by atoms with Gasteiger partial charge in [-0.25, -0.2) is 0 Å². The van der Waals surface area contributed by atoms with E-state index in [-0.39, 0.29) is 5.54 Å². The molecular formula is C14H27N3O. The monoisotopic (exact) mass is 253 g/mol. The highest BCUT2D eigenvalue weighted by molar-refractivity contribution is 5.77. The Balaban J connectivity index is 1.91. The summed E-state index contributed by atoms with van der Waals surface area (Å²) in [5, 5.41) is 3.23. The SMILES string of the molecule is CNCC1(C)CCCN1C(=O)CC1CCN(C)C1. The van der Waals surface area contributed by atoms with Gasteiger partial charge in [0.2, 0.25) is 5.91 Å². The zero-order valence-corrected chi connectivity index (χ0v) is 12.0. The highest BCUT2D eigenvalue weighted by atomic mass is 16.2. The van der Waals surface area contributed by atoms with Gasteiger partial charge in [-0.05, 0) is 52.7 Å². The zero-order valence-electron chi connectivity index (χ0n) is 12.0. The van der Waals surface area contributed by atoms with Gasteiger partial charge in [0.05, 0.1) is 5.54 Å². The molecule has 2 aliphatic heterocycles. The summed E-state index contributed by atoms with van der Waals surface area (Å²) in [6.07, 6.45) is 4.20. The molecule has 2 rings (SSSR count). The molecule has 0 aromatic heterocycles. The Hall–Kier alpha value is -0.610. The summed E-state index contributed by atoms with van der Waals surface area (Å²) in [5.41, 5.74) is 0.0380. The molecule has 2 fully saturated rings. The van der Waals surface area contributed by atoms with E-state index in [0.717, 1.165) is 45.4 Å². The molecule has 0 spiro atoms. The number of likely N-dealkylation sites (tertiary alicyclic amines) is 2. The molecule has 2 aliphatic rings. The van der Waals surface area contributed by atoms with Crippen LogP contribution in [0.4, 0.5) is 0 Å². The van der Waals surface area contributed by atoms with Crippen molar-refractivity contribution in [2.45, 2.75) is 38.1 Å². The number of carbonyl (C=O) groups is 1. The van der Waals surface area contributed by atoms with Crippen LogP contribution in [0.25, 0.3) is 0 Å². The molecule has 1 amide bonds. The van der Waals surface area contributed by atoms with Crippen LogP contribution in [0.2, 0.25) is 0 Å². The second-order valence-electron chi connectivity index (χ2n) is 6.30. The molecule has 2 atom stereocenters. The number of amides is 1. The minimum Gasteiger partial charge on any atom is -0.336 e. The summed E-state index contributed by atoms with van der Waals surface area (Å²) in [6.45, 7) is 6.30. The molecule has 0 aromatic carbocycles. The number of carbonyl (C=O) groups excluding carboxylic acids is 1. The number of nitrogens with zero attached hydrogens (tertiary/aromatic N) is 2. The highest BCUT2D eigenvalue weighted by Gasteiger charge is 2.39. The average molecular weight is 253 g/mol. The van der Waals surface area contributed by atoms with E-state index in [2.05, 4.69) is 29.1 Å². The molecule has 0 aliphatic carbocycles. The Bertz CT molecular complexity index is 307. The Morgan fingerprint density at radius 3 is 2.83 bits per heavy atom. The fourth-order valence-electron chi connectivity index (χ4n) is 3.56. The van der Waals surface area contributed by atoms with Gasteiger partial charge in [-0.2, -0.15) is 0 Å². The highest BCUT2D eigenvalue weighted by Crippen LogP contribution is 2.30. The Morgan fingerprint density at radius 2 is 2.22 bits per heavy atom. The van der Waals surface area contributed by atoms with E-state index in [4.69, 9.17) is 0 Å². The van der Waals surface area contributed by atoms with Gasteiger partial charge in [-0.15, -0.1) is 0 Å². The largest absolute Gasteiger partial charge is 0.336 e. The first-order valence-corrected chi connectivity index (χ1v) is 7.19. The molecule has 0 saturated carbocycles. The van der Waals surface area contributed by atoms with Crippen molar-refractivity contribution in [2.75, 3.05) is 40.3 Å². The predicted molar refractivity (Wildman–Crippen MR) is 73.5 cm³/mol. The third kappa shape index (κ3) is 2.86. The first kappa shape index (κ1) is 13.8. The van der Waals surface area contributed by atoms with Crippen LogP contribution in [0.3, 0.4) is 0 Å². The zero-order chi connectivity index (χ0) is 13.2. The van der Waals surface area contributed by atoms with Crippen molar-refractivity contribution in [2.24, 2.45) is 5.92 Å². The third-order valence-corrected chi connectivity index (χ3v) is 4.56. The first-order chi connectivity index (χ1) is 8.55. The van der Waals surface area contributed by atoms with Crippen molar-refractivity contribution < 1.29 is 4.79 Å². The average Bonchev–Trinajstić information content (AvgIpc) is 2.86. The van der Waals surface area contributed by atoms with Gasteiger partial charge < -0.3 is 15.1 Å². The lowest BCUT2D eigenvalue weighted by atomic mass is 9.97. The van der Waals surface area contributed by atoms with Crippen LogP contribution in [0.1, 0.15) is 32.6 Å². The van der Waals surface area contributed by atoms with Crippen molar-refractivity contribution in [1.82, 2.24) is 15.1 Å². The summed E-state index contributed by atoms with van der Waals surface area (Å²) in [6, 6.07) is 0. The van der Waals surface area contributed by atoms with Crippen molar-refractivity contribution in [3.05, 3.63) is 0 Å². The number of hydrogen-bond donors (Lipinski definition) is 1. The summed E-state index contributed by atoms with van der Waals surface area (Å²) in [5.74, 6) is 0.937. The lowest BCUT2D eigenvalue weighted by molar-refractivity contribution is -0.135. The summed E-state index contributed by atoms with van der Waals surface area (Å²) in [4.78, 5) is 16.9. The van der Waals surface area contributed by atoms with Crippen molar-refractivity contribution in [1.29, 1.82) is 0 Å². The second kappa shape index (κ2) is 5.57. The van der Waals surface area contributed by atoms with Crippen LogP contribution >= 0.6 is 0 Å². The Morgan fingerprint density at radius 1 is 1.44 bits per heavy atom. The van der Waals surface area contributed by atoms with Crippen LogP contribution in [-0.2, 0) is 4.79 Å². The molecular weight excluding hydrogens is 226 g/mol. The lowest BCUT2D eigenvalue weighted by Crippen LogP contribution is -2.51. The standard InChI is InChI=1S/C14H27N3O/c1-14(11-15-2)6-4-7-17(14)13(18)9-12-5-8-16(3)10-12/h12,15H,4-11H2,1-3H3. The van der Waals surface area contributed by atoms with Crippen LogP contribution in [-0.4, -0.2) is 61.5 Å². The Kier molecular flexibility index (Phi) is 4.28. The molecule has 0 bridgehead atoms. The maximum Gasteiger partial charge on any atom is 0.223 e. The molecule has 2 saturated heterocycles. The quantitative estimate of drug-likeness (QED) is 0.809. The Labute approximate surface area is 111 Å². The smallest absolute Gasteiger partial charge is 0.223 e. The van der Waals surface area contributed by atoms with Crippen LogP contribution in [0, 0.1) is 5.92 Å². The van der Waals surface area contributed by atoms with Gasteiger partial charge in [0, 0.05) is 26.1 Å². The van der Waals surface area contributed by atoms with Crippen LogP contribution in [0.5, 0.6) is 0 Å². The number of likely N-dealkylation sites (N-methyl/N-ethyl adjacent to an activating group) is 1. The number of hydrogen-bond acceptors (Lipinski definition) is 3. The van der Waals surface area contributed by atoms with Crippen molar-refractivity contribution in [3.8, 4) is 0 Å². The van der Waals surface area contributed by atoms with E-state index < -0.39 is 0 Å². The topological polar surface area (TPSA) is 35.6 Å². The van der Waals surface area contributed by atoms with E-state index in [1.54, 1.807) is 0 Å². The van der Waals surface area contributed by atoms with Gasteiger partial charge >= 0.3 is 0 Å².